The molecule has 1 aliphatic rings. The van der Waals surface area contributed by atoms with Gasteiger partial charge in [-0.25, -0.2) is 0 Å². The number of hydrogen-bond acceptors (Lipinski definition) is 2. The Labute approximate surface area is 123 Å². The van der Waals surface area contributed by atoms with Crippen molar-refractivity contribution in [2.45, 2.75) is 51.8 Å². The van der Waals surface area contributed by atoms with Gasteiger partial charge in [-0.15, -0.1) is 12.4 Å². The molecule has 0 amide bonds. The lowest BCUT2D eigenvalue weighted by atomic mass is 9.74. The van der Waals surface area contributed by atoms with Crippen LogP contribution in [0.15, 0.2) is 30.3 Å². The lowest BCUT2D eigenvalue weighted by Gasteiger charge is -2.48. The molecule has 0 radical (unpaired) electrons. The molecule has 19 heavy (non-hydrogen) atoms. The highest BCUT2D eigenvalue weighted by Gasteiger charge is 2.43. The van der Waals surface area contributed by atoms with E-state index in [1.54, 1.807) is 0 Å². The van der Waals surface area contributed by atoms with Gasteiger partial charge in [0.25, 0.3) is 0 Å². The second-order valence-corrected chi connectivity index (χ2v) is 6.04. The van der Waals surface area contributed by atoms with E-state index in [-0.39, 0.29) is 18.3 Å². The van der Waals surface area contributed by atoms with Gasteiger partial charge in [0.15, 0.2) is 0 Å². The summed E-state index contributed by atoms with van der Waals surface area (Å²) in [7, 11) is 0. The smallest absolute Gasteiger partial charge is 0.0948 e. The summed E-state index contributed by atoms with van der Waals surface area (Å²) in [4.78, 5) is 2.49. The Morgan fingerprint density at radius 1 is 1.21 bits per heavy atom. The third-order valence-electron chi connectivity index (χ3n) is 4.41. The Hall–Kier alpha value is -0.570. The average molecular weight is 284 g/mol. The summed E-state index contributed by atoms with van der Waals surface area (Å²) in [6.07, 6.45) is 0.816. The minimum absolute atomic E-state index is 0. The van der Waals surface area contributed by atoms with Crippen LogP contribution >= 0.6 is 12.4 Å². The molecule has 0 saturated carbocycles. The van der Waals surface area contributed by atoms with E-state index in [2.05, 4.69) is 32.6 Å². The molecule has 2 unspecified atom stereocenters. The van der Waals surface area contributed by atoms with E-state index in [1.165, 1.54) is 0 Å². The predicted molar refractivity (Wildman–Crippen MR) is 82.7 cm³/mol. The maximum absolute atomic E-state index is 11.1. The Morgan fingerprint density at radius 2 is 1.79 bits per heavy atom. The Morgan fingerprint density at radius 3 is 2.32 bits per heavy atom. The molecule has 1 heterocycles. The van der Waals surface area contributed by atoms with Gasteiger partial charge < -0.3 is 5.11 Å². The Bertz CT molecular complexity index is 395. The first kappa shape index (κ1) is 16.5. The van der Waals surface area contributed by atoms with Gasteiger partial charge in [-0.1, -0.05) is 37.3 Å². The number of rotatable bonds is 2. The van der Waals surface area contributed by atoms with Crippen LogP contribution in [0.2, 0.25) is 0 Å². The number of aliphatic hydroxyl groups is 1. The molecular weight excluding hydrogens is 258 g/mol. The first-order valence-corrected chi connectivity index (χ1v) is 6.99. The van der Waals surface area contributed by atoms with Crippen molar-refractivity contribution in [2.75, 3.05) is 6.54 Å². The summed E-state index contributed by atoms with van der Waals surface area (Å²) >= 11 is 0. The van der Waals surface area contributed by atoms with Gasteiger partial charge in [-0.3, -0.25) is 4.90 Å². The van der Waals surface area contributed by atoms with Crippen molar-refractivity contribution in [1.82, 2.24) is 4.90 Å². The monoisotopic (exact) mass is 283 g/mol. The van der Waals surface area contributed by atoms with Crippen LogP contribution in [0, 0.1) is 5.92 Å². The van der Waals surface area contributed by atoms with Crippen LogP contribution in [-0.4, -0.2) is 28.6 Å². The normalized spacial score (nSPS) is 32.1. The van der Waals surface area contributed by atoms with Crippen molar-refractivity contribution in [3.8, 4) is 0 Å². The molecule has 2 rings (SSSR count). The van der Waals surface area contributed by atoms with E-state index in [1.807, 2.05) is 30.3 Å². The van der Waals surface area contributed by atoms with Crippen LogP contribution in [0.4, 0.5) is 0 Å². The minimum atomic E-state index is -0.675. The predicted octanol–water partition coefficient (Wildman–Crippen LogP) is 3.43. The van der Waals surface area contributed by atoms with Crippen LogP contribution in [0.25, 0.3) is 0 Å². The first-order chi connectivity index (χ1) is 8.45. The minimum Gasteiger partial charge on any atom is -0.385 e. The zero-order chi connectivity index (χ0) is 13.3. The second kappa shape index (κ2) is 6.25. The number of likely N-dealkylation sites (tertiary alicyclic amines) is 1. The van der Waals surface area contributed by atoms with Gasteiger partial charge >= 0.3 is 0 Å². The molecule has 1 aromatic rings. The molecule has 2 nitrogen and oxygen atoms in total. The summed E-state index contributed by atoms with van der Waals surface area (Å²) in [6.45, 7) is 9.81. The largest absolute Gasteiger partial charge is 0.385 e. The van der Waals surface area contributed by atoms with Crippen LogP contribution in [0.5, 0.6) is 0 Å². The number of halogens is 1. The maximum Gasteiger partial charge on any atom is 0.0948 e. The molecule has 1 saturated heterocycles. The second-order valence-electron chi connectivity index (χ2n) is 6.04. The Balaban J connectivity index is 0.00000180. The van der Waals surface area contributed by atoms with Gasteiger partial charge in [0.2, 0.25) is 0 Å². The summed E-state index contributed by atoms with van der Waals surface area (Å²) in [5, 5.41) is 11.1. The van der Waals surface area contributed by atoms with Gasteiger partial charge in [0, 0.05) is 24.5 Å². The van der Waals surface area contributed by atoms with Crippen molar-refractivity contribution in [1.29, 1.82) is 0 Å². The summed E-state index contributed by atoms with van der Waals surface area (Å²) in [5.74, 6) is 0.262. The lowest BCUT2D eigenvalue weighted by Crippen LogP contribution is -2.55. The fourth-order valence-corrected chi connectivity index (χ4v) is 3.26. The Kier molecular flexibility index (Phi) is 5.43. The van der Waals surface area contributed by atoms with Crippen molar-refractivity contribution in [3.63, 3.8) is 0 Å². The van der Waals surface area contributed by atoms with Gasteiger partial charge in [-0.05, 0) is 32.8 Å². The van der Waals surface area contributed by atoms with E-state index in [9.17, 15) is 5.11 Å². The number of piperidine rings is 1. The molecule has 0 bridgehead atoms. The average Bonchev–Trinajstić information content (AvgIpc) is 2.34. The SMILES string of the molecule is CC(C)N1C[C@H](C)C(O)(c2ccccc2)CC1C.Cl. The van der Waals surface area contributed by atoms with E-state index >= 15 is 0 Å². The maximum atomic E-state index is 11.1. The molecule has 1 aromatic carbocycles. The van der Waals surface area contributed by atoms with Crippen molar-refractivity contribution in [3.05, 3.63) is 35.9 Å². The van der Waals surface area contributed by atoms with Crippen LogP contribution in [-0.2, 0) is 5.60 Å². The topological polar surface area (TPSA) is 23.5 Å². The molecule has 0 aromatic heterocycles. The zero-order valence-corrected chi connectivity index (χ0v) is 13.2. The lowest BCUT2D eigenvalue weighted by molar-refractivity contribution is -0.0974. The fraction of sp³-hybridized carbons (Fsp3) is 0.625. The molecule has 1 aliphatic heterocycles. The highest BCUT2D eigenvalue weighted by atomic mass is 35.5. The molecule has 3 atom stereocenters. The molecule has 0 aliphatic carbocycles. The highest BCUT2D eigenvalue weighted by molar-refractivity contribution is 5.85. The fourth-order valence-electron chi connectivity index (χ4n) is 3.26. The van der Waals surface area contributed by atoms with Crippen molar-refractivity contribution in [2.24, 2.45) is 5.92 Å². The number of nitrogens with zero attached hydrogens (tertiary/aromatic N) is 1. The van der Waals surface area contributed by atoms with Crippen molar-refractivity contribution >= 4 is 12.4 Å². The van der Waals surface area contributed by atoms with Gasteiger partial charge in [0.1, 0.15) is 0 Å². The van der Waals surface area contributed by atoms with E-state index in [0.29, 0.717) is 12.1 Å². The molecule has 1 fully saturated rings. The third-order valence-corrected chi connectivity index (χ3v) is 4.41. The van der Waals surface area contributed by atoms with E-state index in [0.717, 1.165) is 18.5 Å². The van der Waals surface area contributed by atoms with Crippen molar-refractivity contribution < 1.29 is 5.11 Å². The molecule has 0 spiro atoms. The van der Waals surface area contributed by atoms with Crippen LogP contribution in [0.3, 0.4) is 0 Å². The highest BCUT2D eigenvalue weighted by Crippen LogP contribution is 2.40. The van der Waals surface area contributed by atoms with Crippen LogP contribution in [0.1, 0.15) is 39.7 Å². The summed E-state index contributed by atoms with van der Waals surface area (Å²) < 4.78 is 0. The summed E-state index contributed by atoms with van der Waals surface area (Å²) in [5.41, 5.74) is 0.388. The molecular formula is C16H26ClNO. The third kappa shape index (κ3) is 3.13. The first-order valence-electron chi connectivity index (χ1n) is 6.99. The quantitative estimate of drug-likeness (QED) is 0.899. The van der Waals surface area contributed by atoms with E-state index < -0.39 is 5.60 Å². The van der Waals surface area contributed by atoms with E-state index in [4.69, 9.17) is 0 Å². The van der Waals surface area contributed by atoms with Gasteiger partial charge in [-0.2, -0.15) is 0 Å². The standard InChI is InChI=1S/C16H25NO.ClH/c1-12(2)17-11-13(3)16(18,10-14(17)4)15-8-6-5-7-9-15;/h5-9,12-14,18H,10-11H2,1-4H3;1H/t13-,14?,16?;/m0./s1. The number of benzene rings is 1. The molecule has 3 heteroatoms. The van der Waals surface area contributed by atoms with Gasteiger partial charge in [0.05, 0.1) is 5.60 Å². The van der Waals surface area contributed by atoms with Crippen LogP contribution < -0.4 is 0 Å². The number of hydrogen-bond donors (Lipinski definition) is 1. The molecule has 108 valence electrons. The summed E-state index contributed by atoms with van der Waals surface area (Å²) in [6, 6.07) is 11.1. The zero-order valence-electron chi connectivity index (χ0n) is 12.3. The molecule has 1 N–H and O–H groups in total.